The number of fused-ring (bicyclic) bond motifs is 1. The summed E-state index contributed by atoms with van der Waals surface area (Å²) in [5, 5.41) is 3.90. The minimum Gasteiger partial charge on any atom is -0.281 e. The first kappa shape index (κ1) is 18.7. The van der Waals surface area contributed by atoms with Gasteiger partial charge in [-0.25, -0.2) is 13.4 Å². The van der Waals surface area contributed by atoms with E-state index in [1.165, 1.54) is 0 Å². The molecule has 9 heteroatoms. The fraction of sp³-hybridized carbons (Fsp3) is 0.238. The number of anilines is 1. The topological polar surface area (TPSA) is 103 Å². The number of aryl methyl sites for hydroxylation is 2. The van der Waals surface area contributed by atoms with Gasteiger partial charge in [0.15, 0.2) is 0 Å². The predicted molar refractivity (Wildman–Crippen MR) is 115 cm³/mol. The Kier molecular flexibility index (Phi) is 4.28. The van der Waals surface area contributed by atoms with E-state index < -0.39 is 10.0 Å². The lowest BCUT2D eigenvalue weighted by Crippen LogP contribution is -2.18. The van der Waals surface area contributed by atoms with Crippen molar-refractivity contribution in [3.8, 4) is 22.4 Å². The van der Waals surface area contributed by atoms with Crippen LogP contribution in [0, 0.1) is 6.92 Å². The molecule has 4 aromatic rings. The summed E-state index contributed by atoms with van der Waals surface area (Å²) in [5.41, 5.74) is 6.01. The van der Waals surface area contributed by atoms with E-state index in [1.54, 1.807) is 30.2 Å². The number of nitrogens with zero attached hydrogens (tertiary/aromatic N) is 5. The van der Waals surface area contributed by atoms with Crippen LogP contribution in [0.15, 0.2) is 49.1 Å². The SMILES string of the molecule is Cc1ncc(-c2ccc3ncc(-c4cnn(C)c4)nc3c2)cc1NS(=O)(=O)C1CC1. The first-order valence-electron chi connectivity index (χ1n) is 9.63. The molecule has 8 nitrogen and oxygen atoms in total. The lowest BCUT2D eigenvalue weighted by molar-refractivity contribution is 0.600. The van der Waals surface area contributed by atoms with Crippen LogP contribution in [0.3, 0.4) is 0 Å². The van der Waals surface area contributed by atoms with Crippen LogP contribution in [0.4, 0.5) is 5.69 Å². The Bertz CT molecular complexity index is 1380. The molecule has 152 valence electrons. The molecule has 0 aliphatic heterocycles. The van der Waals surface area contributed by atoms with Crippen molar-refractivity contribution in [2.24, 2.45) is 7.05 Å². The number of hydrogen-bond acceptors (Lipinski definition) is 6. The molecule has 0 radical (unpaired) electrons. The second-order valence-corrected chi connectivity index (χ2v) is 9.53. The monoisotopic (exact) mass is 420 g/mol. The summed E-state index contributed by atoms with van der Waals surface area (Å²) < 4.78 is 29.1. The minimum atomic E-state index is -3.35. The summed E-state index contributed by atoms with van der Waals surface area (Å²) >= 11 is 0. The molecule has 1 aliphatic carbocycles. The molecule has 1 fully saturated rings. The zero-order valence-corrected chi connectivity index (χ0v) is 17.4. The average Bonchev–Trinajstić information content (AvgIpc) is 3.51. The summed E-state index contributed by atoms with van der Waals surface area (Å²) in [5.74, 6) is 0. The fourth-order valence-electron chi connectivity index (χ4n) is 3.29. The quantitative estimate of drug-likeness (QED) is 0.531. The van der Waals surface area contributed by atoms with Crippen molar-refractivity contribution in [2.45, 2.75) is 25.0 Å². The fourth-order valence-corrected chi connectivity index (χ4v) is 4.73. The van der Waals surface area contributed by atoms with E-state index in [4.69, 9.17) is 4.98 Å². The molecule has 0 unspecified atom stereocenters. The summed E-state index contributed by atoms with van der Waals surface area (Å²) in [6.07, 6.45) is 8.54. The predicted octanol–water partition coefficient (Wildman–Crippen LogP) is 3.30. The standard InChI is InChI=1S/C21H20N6O2S/c1-13-19(26-30(28,29)17-4-5-17)8-15(9-22-13)14-3-6-18-20(7-14)25-21(11-23-18)16-10-24-27(2)12-16/h3,6-12,17,26H,4-5H2,1-2H3. The highest BCUT2D eigenvalue weighted by molar-refractivity contribution is 7.93. The molecule has 5 rings (SSSR count). The molecule has 1 aliphatic rings. The van der Waals surface area contributed by atoms with Gasteiger partial charge >= 0.3 is 0 Å². The van der Waals surface area contributed by atoms with Crippen molar-refractivity contribution in [1.29, 1.82) is 0 Å². The number of pyridine rings is 1. The second-order valence-electron chi connectivity index (χ2n) is 7.56. The molecule has 30 heavy (non-hydrogen) atoms. The first-order valence-corrected chi connectivity index (χ1v) is 11.2. The second kappa shape index (κ2) is 6.88. The number of aromatic nitrogens is 5. The lowest BCUT2D eigenvalue weighted by atomic mass is 10.1. The normalized spacial score (nSPS) is 14.2. The Balaban J connectivity index is 1.53. The van der Waals surface area contributed by atoms with Gasteiger partial charge in [-0.2, -0.15) is 5.10 Å². The van der Waals surface area contributed by atoms with Crippen LogP contribution in [0.1, 0.15) is 18.5 Å². The third kappa shape index (κ3) is 3.52. The van der Waals surface area contributed by atoms with Crippen LogP contribution >= 0.6 is 0 Å². The number of benzene rings is 1. The van der Waals surface area contributed by atoms with Crippen molar-refractivity contribution in [3.05, 3.63) is 54.7 Å². The van der Waals surface area contributed by atoms with Crippen molar-refractivity contribution < 1.29 is 8.42 Å². The van der Waals surface area contributed by atoms with Crippen molar-refractivity contribution >= 4 is 26.7 Å². The molecule has 3 heterocycles. The zero-order valence-electron chi connectivity index (χ0n) is 16.6. The Labute approximate surface area is 174 Å². The van der Waals surface area contributed by atoms with Gasteiger partial charge in [0.25, 0.3) is 0 Å². The molecule has 0 atom stereocenters. The van der Waals surface area contributed by atoms with E-state index >= 15 is 0 Å². The Morgan fingerprint density at radius 2 is 1.83 bits per heavy atom. The van der Waals surface area contributed by atoms with Crippen molar-refractivity contribution in [3.63, 3.8) is 0 Å². The van der Waals surface area contributed by atoms with Crippen LogP contribution in [0.25, 0.3) is 33.4 Å². The zero-order chi connectivity index (χ0) is 20.9. The van der Waals surface area contributed by atoms with Gasteiger partial charge in [-0.3, -0.25) is 19.4 Å². The molecule has 0 bridgehead atoms. The van der Waals surface area contributed by atoms with E-state index in [0.717, 1.165) is 33.4 Å². The molecule has 1 N–H and O–H groups in total. The van der Waals surface area contributed by atoms with Gasteiger partial charge < -0.3 is 0 Å². The van der Waals surface area contributed by atoms with Gasteiger partial charge in [0, 0.05) is 30.6 Å². The first-order chi connectivity index (χ1) is 14.4. The highest BCUT2D eigenvalue weighted by Crippen LogP contribution is 2.32. The molecule has 0 spiro atoms. The maximum Gasteiger partial charge on any atom is 0.235 e. The molecular formula is C21H20N6O2S. The Morgan fingerprint density at radius 3 is 2.57 bits per heavy atom. The van der Waals surface area contributed by atoms with Crippen LogP contribution in [-0.4, -0.2) is 38.4 Å². The third-order valence-electron chi connectivity index (χ3n) is 5.18. The molecular weight excluding hydrogens is 400 g/mol. The van der Waals surface area contributed by atoms with Gasteiger partial charge in [0.2, 0.25) is 10.0 Å². The molecule has 1 saturated carbocycles. The maximum absolute atomic E-state index is 12.3. The highest BCUT2D eigenvalue weighted by Gasteiger charge is 2.36. The Hall–Kier alpha value is -3.33. The number of nitrogens with one attached hydrogen (secondary N) is 1. The van der Waals surface area contributed by atoms with E-state index in [9.17, 15) is 8.42 Å². The summed E-state index contributed by atoms with van der Waals surface area (Å²) in [4.78, 5) is 13.6. The number of hydrogen-bond donors (Lipinski definition) is 1. The van der Waals surface area contributed by atoms with Crippen LogP contribution < -0.4 is 4.72 Å². The molecule has 3 aromatic heterocycles. The van der Waals surface area contributed by atoms with E-state index in [1.807, 2.05) is 37.5 Å². The van der Waals surface area contributed by atoms with E-state index in [-0.39, 0.29) is 5.25 Å². The van der Waals surface area contributed by atoms with Crippen molar-refractivity contribution in [2.75, 3.05) is 4.72 Å². The summed E-state index contributed by atoms with van der Waals surface area (Å²) in [6, 6.07) is 7.60. The molecule has 1 aromatic carbocycles. The lowest BCUT2D eigenvalue weighted by Gasteiger charge is -2.11. The summed E-state index contributed by atoms with van der Waals surface area (Å²) in [6.45, 7) is 1.79. The number of rotatable bonds is 5. The molecule has 0 amide bonds. The van der Waals surface area contributed by atoms with Gasteiger partial charge in [-0.05, 0) is 43.5 Å². The van der Waals surface area contributed by atoms with Gasteiger partial charge in [-0.1, -0.05) is 6.07 Å². The van der Waals surface area contributed by atoms with Gasteiger partial charge in [-0.15, -0.1) is 0 Å². The van der Waals surface area contributed by atoms with Crippen LogP contribution in [-0.2, 0) is 17.1 Å². The van der Waals surface area contributed by atoms with Crippen LogP contribution in [0.2, 0.25) is 0 Å². The maximum atomic E-state index is 12.3. The highest BCUT2D eigenvalue weighted by atomic mass is 32.2. The van der Waals surface area contributed by atoms with Crippen LogP contribution in [0.5, 0.6) is 0 Å². The largest absolute Gasteiger partial charge is 0.281 e. The van der Waals surface area contributed by atoms with E-state index in [0.29, 0.717) is 24.2 Å². The smallest absolute Gasteiger partial charge is 0.235 e. The average molecular weight is 420 g/mol. The van der Waals surface area contributed by atoms with Gasteiger partial charge in [0.1, 0.15) is 0 Å². The Morgan fingerprint density at radius 1 is 1.00 bits per heavy atom. The van der Waals surface area contributed by atoms with Crippen molar-refractivity contribution in [1.82, 2.24) is 24.7 Å². The van der Waals surface area contributed by atoms with E-state index in [2.05, 4.69) is 19.8 Å². The third-order valence-corrected chi connectivity index (χ3v) is 7.03. The summed E-state index contributed by atoms with van der Waals surface area (Å²) in [7, 11) is -1.49. The minimum absolute atomic E-state index is 0.289. The molecule has 0 saturated heterocycles. The number of sulfonamides is 1. The van der Waals surface area contributed by atoms with Gasteiger partial charge in [0.05, 0.1) is 45.8 Å².